The summed E-state index contributed by atoms with van der Waals surface area (Å²) in [7, 11) is 0. The third-order valence-electron chi connectivity index (χ3n) is 5.79. The van der Waals surface area contributed by atoms with E-state index in [0.29, 0.717) is 40.9 Å². The van der Waals surface area contributed by atoms with E-state index >= 15 is 0 Å². The minimum absolute atomic E-state index is 0.124. The van der Waals surface area contributed by atoms with Crippen molar-refractivity contribution < 1.29 is 14.1 Å². The predicted molar refractivity (Wildman–Crippen MR) is 121 cm³/mol. The number of aromatic nitrogens is 3. The Hall–Kier alpha value is -2.84. The Labute approximate surface area is 192 Å². The zero-order chi connectivity index (χ0) is 22.7. The van der Waals surface area contributed by atoms with Crippen LogP contribution in [-0.4, -0.2) is 56.8 Å². The number of aryl methyl sites for hydroxylation is 3. The van der Waals surface area contributed by atoms with Gasteiger partial charge >= 0.3 is 0 Å². The molecule has 1 aliphatic rings. The molecule has 0 saturated carbocycles. The fourth-order valence-corrected chi connectivity index (χ4v) is 4.00. The van der Waals surface area contributed by atoms with Crippen molar-refractivity contribution in [2.24, 2.45) is 0 Å². The minimum atomic E-state index is -0.124. The number of halogens is 1. The smallest absolute Gasteiger partial charge is 0.276 e. The standard InChI is InChI=1S/C23H28ClN5O3/c1-4-29-14-18(16(2)25-29)13-27-8-10-28(11-9-27)23(30)22-21(17(3)32-26-22)15-31-20-7-5-6-19(24)12-20/h5-7,12,14H,4,8-11,13,15H2,1-3H3. The van der Waals surface area contributed by atoms with Crippen LogP contribution in [0.2, 0.25) is 5.02 Å². The number of ether oxygens (including phenoxy) is 1. The molecule has 0 bridgehead atoms. The number of hydrogen-bond donors (Lipinski definition) is 0. The monoisotopic (exact) mass is 457 g/mol. The van der Waals surface area contributed by atoms with Crippen LogP contribution in [0.1, 0.15) is 40.0 Å². The zero-order valence-corrected chi connectivity index (χ0v) is 19.4. The first-order chi connectivity index (χ1) is 15.4. The van der Waals surface area contributed by atoms with E-state index in [2.05, 4.69) is 28.3 Å². The molecule has 9 heteroatoms. The maximum absolute atomic E-state index is 13.2. The lowest BCUT2D eigenvalue weighted by atomic mass is 10.1. The highest BCUT2D eigenvalue weighted by Gasteiger charge is 2.28. The maximum Gasteiger partial charge on any atom is 0.276 e. The molecule has 0 spiro atoms. The third kappa shape index (κ3) is 4.97. The molecule has 3 heterocycles. The zero-order valence-electron chi connectivity index (χ0n) is 18.7. The summed E-state index contributed by atoms with van der Waals surface area (Å²) in [6.07, 6.45) is 2.11. The van der Waals surface area contributed by atoms with Gasteiger partial charge in [0.15, 0.2) is 5.69 Å². The number of amides is 1. The second-order valence-corrected chi connectivity index (χ2v) is 8.41. The molecule has 2 aromatic heterocycles. The van der Waals surface area contributed by atoms with Gasteiger partial charge in [-0.25, -0.2) is 0 Å². The SMILES string of the molecule is CCn1cc(CN2CCN(C(=O)c3noc(C)c3COc3cccc(Cl)c3)CC2)c(C)n1. The molecule has 8 nitrogen and oxygen atoms in total. The largest absolute Gasteiger partial charge is 0.489 e. The number of carbonyl (C=O) groups excluding carboxylic acids is 1. The van der Waals surface area contributed by atoms with Crippen LogP contribution in [-0.2, 0) is 19.7 Å². The molecule has 0 unspecified atom stereocenters. The first-order valence-corrected chi connectivity index (χ1v) is 11.2. The predicted octanol–water partition coefficient (Wildman–Crippen LogP) is 3.70. The first-order valence-electron chi connectivity index (χ1n) is 10.8. The van der Waals surface area contributed by atoms with E-state index in [1.807, 2.05) is 28.6 Å². The van der Waals surface area contributed by atoms with Gasteiger partial charge < -0.3 is 14.2 Å². The van der Waals surface area contributed by atoms with Gasteiger partial charge in [0.25, 0.3) is 5.91 Å². The molecule has 32 heavy (non-hydrogen) atoms. The lowest BCUT2D eigenvalue weighted by Gasteiger charge is -2.34. The summed E-state index contributed by atoms with van der Waals surface area (Å²) in [6.45, 7) is 10.7. The van der Waals surface area contributed by atoms with Gasteiger partial charge in [-0.1, -0.05) is 22.8 Å². The average molecular weight is 458 g/mol. The minimum Gasteiger partial charge on any atom is -0.489 e. The molecule has 170 valence electrons. The van der Waals surface area contributed by atoms with Crippen molar-refractivity contribution in [2.45, 2.75) is 40.5 Å². The van der Waals surface area contributed by atoms with Crippen LogP contribution in [0.15, 0.2) is 35.0 Å². The molecule has 1 aliphatic heterocycles. The second kappa shape index (κ2) is 9.75. The second-order valence-electron chi connectivity index (χ2n) is 7.98. The Balaban J connectivity index is 1.36. The Morgan fingerprint density at radius 3 is 2.69 bits per heavy atom. The highest BCUT2D eigenvalue weighted by atomic mass is 35.5. The van der Waals surface area contributed by atoms with Gasteiger partial charge in [-0.2, -0.15) is 5.10 Å². The average Bonchev–Trinajstić information content (AvgIpc) is 3.34. The maximum atomic E-state index is 13.2. The number of carbonyl (C=O) groups is 1. The molecule has 3 aromatic rings. The van der Waals surface area contributed by atoms with Gasteiger partial charge in [0.05, 0.1) is 11.3 Å². The van der Waals surface area contributed by atoms with Crippen LogP contribution >= 0.6 is 11.6 Å². The molecule has 1 amide bonds. The summed E-state index contributed by atoms with van der Waals surface area (Å²) < 4.78 is 13.1. The Kier molecular flexibility index (Phi) is 6.81. The molecule has 0 N–H and O–H groups in total. The lowest BCUT2D eigenvalue weighted by molar-refractivity contribution is 0.0616. The van der Waals surface area contributed by atoms with Crippen molar-refractivity contribution >= 4 is 17.5 Å². The molecule has 0 aliphatic carbocycles. The summed E-state index contributed by atoms with van der Waals surface area (Å²) >= 11 is 6.02. The van der Waals surface area contributed by atoms with E-state index in [1.165, 1.54) is 5.56 Å². The molecular weight excluding hydrogens is 430 g/mol. The van der Waals surface area contributed by atoms with Gasteiger partial charge in [-0.05, 0) is 39.0 Å². The number of hydrogen-bond acceptors (Lipinski definition) is 6. The normalized spacial score (nSPS) is 14.7. The summed E-state index contributed by atoms with van der Waals surface area (Å²) in [5.41, 5.74) is 3.28. The quantitative estimate of drug-likeness (QED) is 0.538. The highest BCUT2D eigenvalue weighted by Crippen LogP contribution is 2.22. The molecular formula is C23H28ClN5O3. The van der Waals surface area contributed by atoms with Gasteiger partial charge in [0.1, 0.15) is 18.1 Å². The van der Waals surface area contributed by atoms with E-state index < -0.39 is 0 Å². The Morgan fingerprint density at radius 2 is 2.00 bits per heavy atom. The number of rotatable bonds is 7. The third-order valence-corrected chi connectivity index (χ3v) is 6.03. The fraction of sp³-hybridized carbons (Fsp3) is 0.435. The van der Waals surface area contributed by atoms with E-state index in [4.69, 9.17) is 20.9 Å². The number of benzene rings is 1. The number of nitrogens with zero attached hydrogens (tertiary/aromatic N) is 5. The highest BCUT2D eigenvalue weighted by molar-refractivity contribution is 6.30. The van der Waals surface area contributed by atoms with Crippen LogP contribution in [0.5, 0.6) is 5.75 Å². The summed E-state index contributed by atoms with van der Waals surface area (Å²) in [5, 5.41) is 9.15. The molecule has 1 aromatic carbocycles. The number of piperazine rings is 1. The molecule has 4 rings (SSSR count). The molecule has 0 atom stereocenters. The summed E-state index contributed by atoms with van der Waals surface area (Å²) in [5.74, 6) is 1.09. The van der Waals surface area contributed by atoms with Gasteiger partial charge in [-0.15, -0.1) is 0 Å². The van der Waals surface area contributed by atoms with Crippen LogP contribution in [0, 0.1) is 13.8 Å². The molecule has 1 fully saturated rings. The van der Waals surface area contributed by atoms with Gasteiger partial charge in [-0.3, -0.25) is 14.4 Å². The van der Waals surface area contributed by atoms with Crippen molar-refractivity contribution in [3.8, 4) is 5.75 Å². The van der Waals surface area contributed by atoms with E-state index in [9.17, 15) is 4.79 Å². The van der Waals surface area contributed by atoms with E-state index in [0.717, 1.165) is 31.9 Å². The van der Waals surface area contributed by atoms with Gasteiger partial charge in [0, 0.05) is 56.1 Å². The van der Waals surface area contributed by atoms with E-state index in [-0.39, 0.29) is 12.5 Å². The summed E-state index contributed by atoms with van der Waals surface area (Å²) in [4.78, 5) is 17.3. The van der Waals surface area contributed by atoms with E-state index in [1.54, 1.807) is 19.1 Å². The van der Waals surface area contributed by atoms with Crippen LogP contribution in [0.25, 0.3) is 0 Å². The summed E-state index contributed by atoms with van der Waals surface area (Å²) in [6, 6.07) is 7.15. The molecule has 0 radical (unpaired) electrons. The van der Waals surface area contributed by atoms with Crippen LogP contribution in [0.4, 0.5) is 0 Å². The first kappa shape index (κ1) is 22.4. The van der Waals surface area contributed by atoms with Crippen LogP contribution < -0.4 is 4.74 Å². The van der Waals surface area contributed by atoms with Crippen molar-refractivity contribution in [3.05, 3.63) is 63.8 Å². The van der Waals surface area contributed by atoms with Crippen molar-refractivity contribution in [1.29, 1.82) is 0 Å². The van der Waals surface area contributed by atoms with Crippen molar-refractivity contribution in [2.75, 3.05) is 26.2 Å². The van der Waals surface area contributed by atoms with Gasteiger partial charge in [0.2, 0.25) is 0 Å². The lowest BCUT2D eigenvalue weighted by Crippen LogP contribution is -2.48. The Bertz CT molecular complexity index is 1090. The Morgan fingerprint density at radius 1 is 1.22 bits per heavy atom. The molecule has 1 saturated heterocycles. The fourth-order valence-electron chi connectivity index (χ4n) is 3.82. The topological polar surface area (TPSA) is 76.6 Å². The van der Waals surface area contributed by atoms with Crippen LogP contribution in [0.3, 0.4) is 0 Å². The van der Waals surface area contributed by atoms with Crippen molar-refractivity contribution in [3.63, 3.8) is 0 Å². The van der Waals surface area contributed by atoms with Crippen molar-refractivity contribution in [1.82, 2.24) is 24.7 Å².